The Balaban J connectivity index is 1.53. The number of carbonyl (C=O) groups is 1. The standard InChI is InChI=1S/C26H36N2O2/c1-27-23-13-12-20(18-8-4-2-5-9-18)16-22(23)25-21(24(27)17-29)14-15-28(25)26(30)19-10-6-3-7-11-19/h8,12-13,16,19,21,24-25,29H,2-7,9-11,14-15,17H2,1H3/t21-,24-,25-/m1/s1. The Morgan fingerprint density at radius 3 is 2.67 bits per heavy atom. The largest absolute Gasteiger partial charge is 0.394 e. The van der Waals surface area contributed by atoms with Crippen molar-refractivity contribution >= 4 is 17.2 Å². The van der Waals surface area contributed by atoms with Crippen LogP contribution < -0.4 is 4.90 Å². The van der Waals surface area contributed by atoms with Crippen LogP contribution in [-0.4, -0.2) is 42.2 Å². The molecule has 1 aromatic carbocycles. The van der Waals surface area contributed by atoms with Gasteiger partial charge in [0.15, 0.2) is 0 Å². The minimum absolute atomic E-state index is 0.0893. The number of hydrogen-bond donors (Lipinski definition) is 1. The summed E-state index contributed by atoms with van der Waals surface area (Å²) >= 11 is 0. The topological polar surface area (TPSA) is 43.8 Å². The third-order valence-electron chi connectivity index (χ3n) is 8.25. The first-order valence-corrected chi connectivity index (χ1v) is 12.2. The zero-order chi connectivity index (χ0) is 20.7. The van der Waals surface area contributed by atoms with Crippen molar-refractivity contribution in [1.82, 2.24) is 4.90 Å². The molecule has 0 spiro atoms. The molecule has 1 N–H and O–H groups in total. The quantitative estimate of drug-likeness (QED) is 0.772. The van der Waals surface area contributed by atoms with E-state index in [2.05, 4.69) is 41.1 Å². The molecular weight excluding hydrogens is 372 g/mol. The number of aliphatic hydroxyl groups is 1. The van der Waals surface area contributed by atoms with Crippen LogP contribution in [0.2, 0.25) is 0 Å². The fraction of sp³-hybridized carbons (Fsp3) is 0.654. The lowest BCUT2D eigenvalue weighted by Gasteiger charge is -2.45. The molecule has 2 aliphatic heterocycles. The van der Waals surface area contributed by atoms with E-state index in [0.717, 1.165) is 32.2 Å². The Morgan fingerprint density at radius 2 is 1.93 bits per heavy atom. The van der Waals surface area contributed by atoms with E-state index in [1.807, 2.05) is 0 Å². The van der Waals surface area contributed by atoms with E-state index in [0.29, 0.717) is 11.8 Å². The zero-order valence-electron chi connectivity index (χ0n) is 18.4. The molecule has 0 radical (unpaired) electrons. The smallest absolute Gasteiger partial charge is 0.226 e. The first-order valence-electron chi connectivity index (χ1n) is 12.2. The van der Waals surface area contributed by atoms with Crippen LogP contribution >= 0.6 is 0 Å². The lowest BCUT2D eigenvalue weighted by molar-refractivity contribution is -0.138. The average Bonchev–Trinajstić information content (AvgIpc) is 3.25. The molecule has 0 aromatic heterocycles. The number of fused-ring (bicyclic) bond motifs is 3. The summed E-state index contributed by atoms with van der Waals surface area (Å²) in [7, 11) is 2.11. The summed E-state index contributed by atoms with van der Waals surface area (Å²) in [6.45, 7) is 0.983. The minimum Gasteiger partial charge on any atom is -0.394 e. The number of amides is 1. The normalized spacial score (nSPS) is 29.4. The summed E-state index contributed by atoms with van der Waals surface area (Å²) in [5, 5.41) is 10.2. The van der Waals surface area contributed by atoms with Gasteiger partial charge in [-0.25, -0.2) is 0 Å². The van der Waals surface area contributed by atoms with Gasteiger partial charge in [-0.2, -0.15) is 0 Å². The number of likely N-dealkylation sites (N-methyl/N-ethyl adjacent to an activating group) is 1. The van der Waals surface area contributed by atoms with Gasteiger partial charge in [0, 0.05) is 31.1 Å². The van der Waals surface area contributed by atoms with Gasteiger partial charge in [0.05, 0.1) is 18.7 Å². The molecule has 1 saturated carbocycles. The van der Waals surface area contributed by atoms with Gasteiger partial charge in [-0.1, -0.05) is 31.4 Å². The van der Waals surface area contributed by atoms with E-state index in [1.165, 1.54) is 60.9 Å². The maximum absolute atomic E-state index is 13.6. The van der Waals surface area contributed by atoms with Crippen molar-refractivity contribution in [3.05, 3.63) is 35.4 Å². The Morgan fingerprint density at radius 1 is 1.10 bits per heavy atom. The van der Waals surface area contributed by atoms with Crippen LogP contribution in [0.15, 0.2) is 24.3 Å². The van der Waals surface area contributed by atoms with Crippen LogP contribution in [0.1, 0.15) is 81.4 Å². The number of likely N-dealkylation sites (tertiary alicyclic amines) is 1. The molecule has 2 aliphatic carbocycles. The minimum atomic E-state index is 0.0893. The molecule has 162 valence electrons. The summed E-state index contributed by atoms with van der Waals surface area (Å²) in [5.41, 5.74) is 5.30. The fourth-order valence-electron chi connectivity index (χ4n) is 6.59. The second kappa shape index (κ2) is 8.37. The van der Waals surface area contributed by atoms with Gasteiger partial charge in [-0.15, -0.1) is 0 Å². The molecule has 1 amide bonds. The van der Waals surface area contributed by atoms with Crippen molar-refractivity contribution in [3.63, 3.8) is 0 Å². The van der Waals surface area contributed by atoms with Crippen molar-refractivity contribution < 1.29 is 9.90 Å². The molecule has 0 bridgehead atoms. The number of carbonyl (C=O) groups excluding carboxylic acids is 1. The summed E-state index contributed by atoms with van der Waals surface area (Å²) < 4.78 is 0. The number of rotatable bonds is 3. The predicted molar refractivity (Wildman–Crippen MR) is 121 cm³/mol. The predicted octanol–water partition coefficient (Wildman–Crippen LogP) is 4.92. The summed E-state index contributed by atoms with van der Waals surface area (Å²) in [4.78, 5) is 18.0. The van der Waals surface area contributed by atoms with Gasteiger partial charge in [0.25, 0.3) is 0 Å². The highest BCUT2D eigenvalue weighted by atomic mass is 16.3. The van der Waals surface area contributed by atoms with Gasteiger partial charge >= 0.3 is 0 Å². The third-order valence-corrected chi connectivity index (χ3v) is 8.25. The van der Waals surface area contributed by atoms with E-state index in [-0.39, 0.29) is 24.6 Å². The van der Waals surface area contributed by atoms with E-state index in [4.69, 9.17) is 0 Å². The molecule has 2 heterocycles. The zero-order valence-corrected chi connectivity index (χ0v) is 18.4. The van der Waals surface area contributed by atoms with Gasteiger partial charge in [0.2, 0.25) is 5.91 Å². The molecule has 30 heavy (non-hydrogen) atoms. The molecule has 0 unspecified atom stereocenters. The van der Waals surface area contributed by atoms with Crippen LogP contribution in [-0.2, 0) is 4.79 Å². The fourth-order valence-corrected chi connectivity index (χ4v) is 6.59. The molecule has 4 heteroatoms. The third kappa shape index (κ3) is 3.37. The van der Waals surface area contributed by atoms with Crippen LogP contribution in [0.5, 0.6) is 0 Å². The van der Waals surface area contributed by atoms with Crippen molar-refractivity contribution in [3.8, 4) is 0 Å². The maximum Gasteiger partial charge on any atom is 0.226 e. The number of nitrogens with zero attached hydrogens (tertiary/aromatic N) is 2. The first kappa shape index (κ1) is 20.1. The number of allylic oxidation sites excluding steroid dienone is 2. The van der Waals surface area contributed by atoms with Crippen LogP contribution in [0.25, 0.3) is 5.57 Å². The molecule has 5 rings (SSSR count). The van der Waals surface area contributed by atoms with Gasteiger partial charge in [0.1, 0.15) is 0 Å². The Labute approximate surface area is 180 Å². The van der Waals surface area contributed by atoms with E-state index in [1.54, 1.807) is 0 Å². The summed E-state index contributed by atoms with van der Waals surface area (Å²) in [6, 6.07) is 7.07. The van der Waals surface area contributed by atoms with Crippen molar-refractivity contribution in [2.24, 2.45) is 11.8 Å². The number of benzene rings is 1. The van der Waals surface area contributed by atoms with Gasteiger partial charge in [-0.05, 0) is 73.8 Å². The van der Waals surface area contributed by atoms with Crippen LogP contribution in [0, 0.1) is 11.8 Å². The van der Waals surface area contributed by atoms with Crippen molar-refractivity contribution in [2.45, 2.75) is 76.3 Å². The monoisotopic (exact) mass is 408 g/mol. The maximum atomic E-state index is 13.6. The number of aliphatic hydroxyl groups excluding tert-OH is 1. The Hall–Kier alpha value is -1.81. The molecule has 3 atom stereocenters. The molecule has 4 aliphatic rings. The summed E-state index contributed by atoms with van der Waals surface area (Å²) in [5.74, 6) is 0.893. The van der Waals surface area contributed by atoms with Crippen molar-refractivity contribution in [2.75, 3.05) is 25.1 Å². The van der Waals surface area contributed by atoms with Gasteiger partial charge < -0.3 is 14.9 Å². The summed E-state index contributed by atoms with van der Waals surface area (Å²) in [6.07, 6.45) is 14.1. The molecular formula is C26H36N2O2. The van der Waals surface area contributed by atoms with E-state index >= 15 is 0 Å². The highest BCUT2D eigenvalue weighted by molar-refractivity contribution is 5.81. The van der Waals surface area contributed by atoms with Crippen LogP contribution in [0.3, 0.4) is 0 Å². The lowest BCUT2D eigenvalue weighted by Crippen LogP contribution is -2.49. The molecule has 2 fully saturated rings. The van der Waals surface area contributed by atoms with Crippen molar-refractivity contribution in [1.29, 1.82) is 0 Å². The van der Waals surface area contributed by atoms with Gasteiger partial charge in [-0.3, -0.25) is 4.79 Å². The van der Waals surface area contributed by atoms with E-state index in [9.17, 15) is 9.90 Å². The second-order valence-corrected chi connectivity index (χ2v) is 9.87. The highest BCUT2D eigenvalue weighted by Gasteiger charge is 2.48. The van der Waals surface area contributed by atoms with Crippen LogP contribution in [0.4, 0.5) is 5.69 Å². The Bertz CT molecular complexity index is 826. The molecule has 1 saturated heterocycles. The number of hydrogen-bond acceptors (Lipinski definition) is 3. The molecule has 1 aromatic rings. The SMILES string of the molecule is CN1c2ccc(C3=CCCCC3)cc2[C@H]2[C@H](CCN2C(=O)C2CCCCC2)[C@H]1CO. The lowest BCUT2D eigenvalue weighted by atomic mass is 9.80. The Kier molecular flexibility index (Phi) is 5.61. The second-order valence-electron chi connectivity index (χ2n) is 9.87. The van der Waals surface area contributed by atoms with E-state index < -0.39 is 0 Å². The highest BCUT2D eigenvalue weighted by Crippen LogP contribution is 2.50. The molecule has 4 nitrogen and oxygen atoms in total. The average molecular weight is 409 g/mol. The first-order chi connectivity index (χ1) is 14.7. The number of anilines is 1.